The molecule has 1 saturated carbocycles. The molecule has 6 rings (SSSR count). The predicted octanol–water partition coefficient (Wildman–Crippen LogP) is 4.69. The number of thioether (sulfide) groups is 1. The molecule has 1 aliphatic carbocycles. The molecule has 0 saturated heterocycles. The molecule has 2 aliphatic rings. The Balaban J connectivity index is 1.30. The predicted molar refractivity (Wildman–Crippen MR) is 131 cm³/mol. The van der Waals surface area contributed by atoms with Crippen LogP contribution in [0.5, 0.6) is 5.88 Å². The molecule has 0 spiro atoms. The van der Waals surface area contributed by atoms with Crippen LogP contribution >= 0.6 is 11.8 Å². The number of anilines is 2. The fraction of sp³-hybridized carbons (Fsp3) is 0.292. The summed E-state index contributed by atoms with van der Waals surface area (Å²) < 4.78 is 53.6. The van der Waals surface area contributed by atoms with Crippen molar-refractivity contribution >= 4 is 39.5 Å². The molecule has 190 valence electrons. The van der Waals surface area contributed by atoms with Crippen molar-refractivity contribution < 1.29 is 22.3 Å². The lowest BCUT2D eigenvalue weighted by Gasteiger charge is -2.24. The number of nitrogens with two attached hydrogens (primary N) is 1. The van der Waals surface area contributed by atoms with Crippen molar-refractivity contribution in [3.05, 3.63) is 66.1 Å². The average Bonchev–Trinajstić information content (AvgIpc) is 3.21. The van der Waals surface area contributed by atoms with Crippen molar-refractivity contribution in [3.8, 4) is 5.88 Å². The maximum absolute atomic E-state index is 15.0. The smallest absolute Gasteiger partial charge is 0.233 e. The molecule has 0 amide bonds. The van der Waals surface area contributed by atoms with E-state index >= 15 is 0 Å². The quantitative estimate of drug-likeness (QED) is 0.352. The summed E-state index contributed by atoms with van der Waals surface area (Å²) in [6, 6.07) is 3.31. The zero-order chi connectivity index (χ0) is 25.7. The molecule has 13 heteroatoms. The third kappa shape index (κ3) is 4.02. The molecule has 37 heavy (non-hydrogen) atoms. The summed E-state index contributed by atoms with van der Waals surface area (Å²) >= 11 is 1.17. The van der Waals surface area contributed by atoms with Gasteiger partial charge >= 0.3 is 0 Å². The molecule has 3 aromatic heterocycles. The van der Waals surface area contributed by atoms with Crippen molar-refractivity contribution in [2.75, 3.05) is 12.0 Å². The molecule has 4 unspecified atom stereocenters. The van der Waals surface area contributed by atoms with Gasteiger partial charge in [-0.15, -0.1) is 0 Å². The maximum Gasteiger partial charge on any atom is 0.233 e. The molecule has 1 aromatic carbocycles. The van der Waals surface area contributed by atoms with E-state index in [-0.39, 0.29) is 46.6 Å². The van der Waals surface area contributed by atoms with Gasteiger partial charge in [-0.1, -0.05) is 18.7 Å². The highest BCUT2D eigenvalue weighted by atomic mass is 32.2. The molecule has 3 N–H and O–H groups in total. The highest BCUT2D eigenvalue weighted by Gasteiger charge is 2.68. The first-order valence-corrected chi connectivity index (χ1v) is 12.2. The number of hydrogen-bond donors (Lipinski definition) is 2. The average molecular weight is 528 g/mol. The number of nitrogens with zero attached hydrogens (tertiary/aromatic N) is 5. The van der Waals surface area contributed by atoms with Gasteiger partial charge in [-0.2, -0.15) is 0 Å². The molecule has 0 radical (unpaired) electrons. The minimum Gasteiger partial charge on any atom is -0.467 e. The maximum atomic E-state index is 15.0. The first-order chi connectivity index (χ1) is 17.9. The van der Waals surface area contributed by atoms with E-state index < -0.39 is 29.1 Å². The summed E-state index contributed by atoms with van der Waals surface area (Å²) in [4.78, 5) is 21.4. The van der Waals surface area contributed by atoms with Crippen LogP contribution < -0.4 is 15.8 Å². The Kier molecular flexibility index (Phi) is 5.66. The third-order valence-electron chi connectivity index (χ3n) is 6.78. The molecular formula is C24H20F3N7O2S. The molecule has 9 nitrogen and oxygen atoms in total. The summed E-state index contributed by atoms with van der Waals surface area (Å²) in [7, 11) is 0. The van der Waals surface area contributed by atoms with Crippen molar-refractivity contribution in [2.24, 2.45) is 22.6 Å². The summed E-state index contributed by atoms with van der Waals surface area (Å²) in [5, 5.41) is 3.16. The van der Waals surface area contributed by atoms with Gasteiger partial charge in [0.15, 0.2) is 29.2 Å². The molecule has 4 aromatic rings. The minimum atomic E-state index is -1.07. The summed E-state index contributed by atoms with van der Waals surface area (Å²) in [6.07, 6.45) is 5.87. The summed E-state index contributed by atoms with van der Waals surface area (Å²) in [6.45, 7) is 1.33. The molecule has 1 fully saturated rings. The Labute approximate surface area is 212 Å². The SMILES string of the molecule is CC1C2C(c3cc(Nc4nccc5nc(OCc6ncco6)cnc45)cc(F)c3F)N=C(N)SC12CF. The number of aromatic nitrogens is 4. The van der Waals surface area contributed by atoms with E-state index in [4.69, 9.17) is 14.9 Å². The molecule has 4 heterocycles. The van der Waals surface area contributed by atoms with E-state index in [1.165, 1.54) is 42.7 Å². The fourth-order valence-corrected chi connectivity index (χ4v) is 6.20. The Hall–Kier alpha value is -3.87. The number of nitrogens with one attached hydrogen (secondary N) is 1. The number of halogens is 3. The van der Waals surface area contributed by atoms with Crippen LogP contribution in [-0.4, -0.2) is 36.5 Å². The second-order valence-electron chi connectivity index (χ2n) is 8.85. The molecular weight excluding hydrogens is 507 g/mol. The molecule has 4 atom stereocenters. The number of hydrogen-bond acceptors (Lipinski definition) is 10. The lowest BCUT2D eigenvalue weighted by molar-refractivity contribution is 0.253. The van der Waals surface area contributed by atoms with Gasteiger partial charge in [-0.25, -0.2) is 33.1 Å². The van der Waals surface area contributed by atoms with Crippen molar-refractivity contribution in [3.63, 3.8) is 0 Å². The van der Waals surface area contributed by atoms with Crippen LogP contribution in [0.1, 0.15) is 24.4 Å². The number of aliphatic imine (C=N–C) groups is 1. The highest BCUT2D eigenvalue weighted by Crippen LogP contribution is 2.67. The zero-order valence-electron chi connectivity index (χ0n) is 19.4. The fourth-order valence-electron chi connectivity index (χ4n) is 4.86. The van der Waals surface area contributed by atoms with Crippen LogP contribution in [0, 0.1) is 23.5 Å². The second-order valence-corrected chi connectivity index (χ2v) is 10.2. The van der Waals surface area contributed by atoms with E-state index in [0.717, 1.165) is 6.07 Å². The van der Waals surface area contributed by atoms with Gasteiger partial charge < -0.3 is 20.2 Å². The summed E-state index contributed by atoms with van der Waals surface area (Å²) in [5.74, 6) is -1.58. The van der Waals surface area contributed by atoms with Crippen LogP contribution in [-0.2, 0) is 6.61 Å². The number of alkyl halides is 1. The number of pyridine rings is 1. The van der Waals surface area contributed by atoms with Crippen molar-refractivity contribution in [1.29, 1.82) is 0 Å². The Bertz CT molecular complexity index is 1520. The third-order valence-corrected chi connectivity index (χ3v) is 8.22. The van der Waals surface area contributed by atoms with Crippen LogP contribution in [0.25, 0.3) is 11.0 Å². The Morgan fingerprint density at radius 3 is 2.86 bits per heavy atom. The Morgan fingerprint density at radius 2 is 2.08 bits per heavy atom. The number of fused-ring (bicyclic) bond motifs is 2. The standard InChI is InChI=1S/C24H20F3N7O2S/c1-11-18-20(34-23(28)37-24(11,18)10-25)13-6-12(7-14(26)19(13)27)32-22-21-15(2-3-30-22)33-16(8-31-21)36-9-17-29-4-5-35-17/h2-8,11,18,20H,9-10H2,1H3,(H2,28,34)(H,30,32). The number of amidine groups is 1. The largest absolute Gasteiger partial charge is 0.467 e. The normalized spacial score (nSPS) is 24.4. The Morgan fingerprint density at radius 1 is 1.22 bits per heavy atom. The van der Waals surface area contributed by atoms with Crippen LogP contribution in [0.15, 0.2) is 52.5 Å². The minimum absolute atomic E-state index is 0.00599. The van der Waals surface area contributed by atoms with Gasteiger partial charge in [0.05, 0.1) is 28.7 Å². The number of rotatable bonds is 7. The zero-order valence-corrected chi connectivity index (χ0v) is 20.2. The second kappa shape index (κ2) is 8.91. The van der Waals surface area contributed by atoms with E-state index in [1.54, 1.807) is 6.07 Å². The van der Waals surface area contributed by atoms with E-state index in [9.17, 15) is 13.2 Å². The first kappa shape index (κ1) is 23.5. The van der Waals surface area contributed by atoms with Gasteiger partial charge in [0.2, 0.25) is 11.8 Å². The van der Waals surface area contributed by atoms with Crippen molar-refractivity contribution in [2.45, 2.75) is 24.3 Å². The van der Waals surface area contributed by atoms with Gasteiger partial charge in [-0.3, -0.25) is 4.99 Å². The summed E-state index contributed by atoms with van der Waals surface area (Å²) in [5.41, 5.74) is 7.03. The van der Waals surface area contributed by atoms with Gasteiger partial charge in [-0.05, 0) is 18.1 Å². The van der Waals surface area contributed by atoms with Crippen LogP contribution in [0.4, 0.5) is 24.7 Å². The van der Waals surface area contributed by atoms with E-state index in [2.05, 4.69) is 30.2 Å². The van der Waals surface area contributed by atoms with Gasteiger partial charge in [0.1, 0.15) is 18.5 Å². The molecule has 1 aliphatic heterocycles. The molecule has 0 bridgehead atoms. The number of ether oxygens (including phenoxy) is 1. The lowest BCUT2D eigenvalue weighted by atomic mass is 9.99. The highest BCUT2D eigenvalue weighted by molar-refractivity contribution is 8.15. The van der Waals surface area contributed by atoms with Crippen LogP contribution in [0.3, 0.4) is 0 Å². The number of oxazole rings is 1. The first-order valence-electron chi connectivity index (χ1n) is 11.4. The topological polar surface area (TPSA) is 124 Å². The van der Waals surface area contributed by atoms with Gasteiger partial charge in [0.25, 0.3) is 0 Å². The van der Waals surface area contributed by atoms with Crippen molar-refractivity contribution in [1.82, 2.24) is 19.9 Å². The number of benzene rings is 1. The van der Waals surface area contributed by atoms with E-state index in [0.29, 0.717) is 16.9 Å². The van der Waals surface area contributed by atoms with Crippen LogP contribution in [0.2, 0.25) is 0 Å². The lowest BCUT2D eigenvalue weighted by Crippen LogP contribution is -2.26. The van der Waals surface area contributed by atoms with Gasteiger partial charge in [0, 0.05) is 29.4 Å². The van der Waals surface area contributed by atoms with E-state index in [1.807, 2.05) is 6.92 Å². The monoisotopic (exact) mass is 527 g/mol.